The van der Waals surface area contributed by atoms with Crippen LogP contribution in [0.15, 0.2) is 71.6 Å². The Hall–Kier alpha value is -2.87. The number of sulfonamides is 1. The number of anilines is 1. The van der Waals surface area contributed by atoms with Crippen molar-refractivity contribution >= 4 is 33.2 Å². The topological polar surface area (TPSA) is 75.7 Å². The van der Waals surface area contributed by atoms with E-state index >= 15 is 0 Å². The highest BCUT2D eigenvalue weighted by molar-refractivity contribution is 7.89. The summed E-state index contributed by atoms with van der Waals surface area (Å²) in [4.78, 5) is 12.9. The Morgan fingerprint density at radius 1 is 1.03 bits per heavy atom. The lowest BCUT2D eigenvalue weighted by atomic mass is 10.0. The van der Waals surface area contributed by atoms with E-state index in [2.05, 4.69) is 5.32 Å². The van der Waals surface area contributed by atoms with Gasteiger partial charge in [-0.15, -0.1) is 0 Å². The fraction of sp³-hybridized carbons (Fsp3) is 0.174. The highest BCUT2D eigenvalue weighted by atomic mass is 35.5. The molecule has 1 amide bonds. The molecule has 31 heavy (non-hydrogen) atoms. The molecular weight excluding hydrogens is 436 g/mol. The molecule has 0 unspecified atom stereocenters. The number of nitrogens with one attached hydrogen (secondary N) is 1. The first-order valence-corrected chi connectivity index (χ1v) is 11.5. The molecule has 0 bridgehead atoms. The molecule has 1 aliphatic rings. The molecule has 4 rings (SSSR count). The summed E-state index contributed by atoms with van der Waals surface area (Å²) in [5.41, 5.74) is 2.95. The number of benzene rings is 3. The van der Waals surface area contributed by atoms with Gasteiger partial charge in [0.15, 0.2) is 0 Å². The minimum atomic E-state index is -3.64. The molecule has 1 heterocycles. The molecule has 3 aromatic carbocycles. The maximum absolute atomic E-state index is 13.0. The zero-order valence-corrected chi connectivity index (χ0v) is 18.4. The number of ether oxygens (including phenoxy) is 1. The number of methoxy groups -OCH3 is 1. The Labute approximate surface area is 186 Å². The molecule has 0 aliphatic carbocycles. The summed E-state index contributed by atoms with van der Waals surface area (Å²) in [5.74, 6) is 0.192. The molecular formula is C23H21ClN2O4S. The lowest BCUT2D eigenvalue weighted by molar-refractivity contribution is 0.102. The molecule has 0 spiro atoms. The number of fused-ring (bicyclic) bond motifs is 1. The zero-order valence-electron chi connectivity index (χ0n) is 16.8. The number of carbonyl (C=O) groups is 1. The van der Waals surface area contributed by atoms with Gasteiger partial charge in [0.05, 0.1) is 17.6 Å². The summed E-state index contributed by atoms with van der Waals surface area (Å²) in [6, 6.07) is 18.7. The van der Waals surface area contributed by atoms with Gasteiger partial charge in [0.1, 0.15) is 5.75 Å². The molecule has 1 aliphatic heterocycles. The van der Waals surface area contributed by atoms with Gasteiger partial charge in [0.2, 0.25) is 10.0 Å². The molecule has 0 aromatic heterocycles. The number of hydrogen-bond acceptors (Lipinski definition) is 4. The molecule has 0 saturated carbocycles. The summed E-state index contributed by atoms with van der Waals surface area (Å²) in [6.07, 6.45) is 0.600. The third-order valence-corrected chi connectivity index (χ3v) is 7.36. The van der Waals surface area contributed by atoms with Crippen LogP contribution in [-0.2, 0) is 23.0 Å². The van der Waals surface area contributed by atoms with Gasteiger partial charge in [0.25, 0.3) is 5.91 Å². The van der Waals surface area contributed by atoms with E-state index in [0.29, 0.717) is 35.0 Å². The van der Waals surface area contributed by atoms with E-state index in [1.807, 2.05) is 18.2 Å². The largest absolute Gasteiger partial charge is 0.496 e. The van der Waals surface area contributed by atoms with Gasteiger partial charge in [-0.05, 0) is 66.1 Å². The standard InChI is InChI=1S/C23H21ClN2O4S/c1-30-22-5-3-2-4-21(22)23(27)25-19-9-6-16-12-13-26(15-17(16)14-19)31(28,29)20-10-7-18(24)8-11-20/h2-11,14H,12-13,15H2,1H3,(H,25,27). The van der Waals surface area contributed by atoms with Crippen molar-refractivity contribution in [3.8, 4) is 5.75 Å². The summed E-state index contributed by atoms with van der Waals surface area (Å²) < 4.78 is 32.8. The van der Waals surface area contributed by atoms with E-state index in [9.17, 15) is 13.2 Å². The fourth-order valence-electron chi connectivity index (χ4n) is 3.60. The molecule has 160 valence electrons. The first-order valence-electron chi connectivity index (χ1n) is 9.70. The van der Waals surface area contributed by atoms with Crippen LogP contribution in [0.1, 0.15) is 21.5 Å². The van der Waals surface area contributed by atoms with Crippen LogP contribution in [0.4, 0.5) is 5.69 Å². The molecule has 0 radical (unpaired) electrons. The van der Waals surface area contributed by atoms with Crippen LogP contribution in [-0.4, -0.2) is 32.3 Å². The monoisotopic (exact) mass is 456 g/mol. The van der Waals surface area contributed by atoms with Crippen LogP contribution >= 0.6 is 11.6 Å². The van der Waals surface area contributed by atoms with Gasteiger partial charge in [-0.2, -0.15) is 4.31 Å². The zero-order chi connectivity index (χ0) is 22.0. The molecule has 0 fully saturated rings. The molecule has 0 atom stereocenters. The van der Waals surface area contributed by atoms with Gasteiger partial charge in [-0.25, -0.2) is 8.42 Å². The number of amides is 1. The number of rotatable bonds is 5. The first kappa shape index (κ1) is 21.4. The number of halogens is 1. The van der Waals surface area contributed by atoms with Gasteiger partial charge in [0, 0.05) is 23.8 Å². The van der Waals surface area contributed by atoms with Crippen molar-refractivity contribution in [1.29, 1.82) is 0 Å². The average Bonchev–Trinajstić information content (AvgIpc) is 2.78. The van der Waals surface area contributed by atoms with E-state index in [-0.39, 0.29) is 17.3 Å². The predicted molar refractivity (Wildman–Crippen MR) is 120 cm³/mol. The van der Waals surface area contributed by atoms with Crippen molar-refractivity contribution < 1.29 is 17.9 Å². The first-order chi connectivity index (χ1) is 14.9. The number of para-hydroxylation sites is 1. The predicted octanol–water partition coefficient (Wildman–Crippen LogP) is 4.35. The van der Waals surface area contributed by atoms with Crippen molar-refractivity contribution in [2.75, 3.05) is 19.0 Å². The Morgan fingerprint density at radius 2 is 1.77 bits per heavy atom. The van der Waals surface area contributed by atoms with Crippen molar-refractivity contribution in [2.45, 2.75) is 17.9 Å². The molecule has 1 N–H and O–H groups in total. The molecule has 3 aromatic rings. The normalized spacial score (nSPS) is 14.0. The minimum absolute atomic E-state index is 0.209. The fourth-order valence-corrected chi connectivity index (χ4v) is 5.15. The minimum Gasteiger partial charge on any atom is -0.496 e. The maximum atomic E-state index is 13.0. The summed E-state index contributed by atoms with van der Waals surface area (Å²) >= 11 is 5.89. The highest BCUT2D eigenvalue weighted by Crippen LogP contribution is 2.28. The molecule has 8 heteroatoms. The maximum Gasteiger partial charge on any atom is 0.259 e. The van der Waals surface area contributed by atoms with Gasteiger partial charge in [-0.3, -0.25) is 4.79 Å². The van der Waals surface area contributed by atoms with E-state index in [1.54, 1.807) is 36.4 Å². The van der Waals surface area contributed by atoms with Gasteiger partial charge < -0.3 is 10.1 Å². The third kappa shape index (κ3) is 4.44. The Morgan fingerprint density at radius 3 is 2.52 bits per heavy atom. The van der Waals surface area contributed by atoms with E-state index in [4.69, 9.17) is 16.3 Å². The number of nitrogens with zero attached hydrogens (tertiary/aromatic N) is 1. The van der Waals surface area contributed by atoms with Gasteiger partial charge in [-0.1, -0.05) is 29.8 Å². The van der Waals surface area contributed by atoms with E-state index in [1.165, 1.54) is 23.5 Å². The Kier molecular flexibility index (Phi) is 6.00. The smallest absolute Gasteiger partial charge is 0.259 e. The summed E-state index contributed by atoms with van der Waals surface area (Å²) in [6.45, 7) is 0.629. The molecule has 6 nitrogen and oxygen atoms in total. The van der Waals surface area contributed by atoms with Crippen LogP contribution in [0.25, 0.3) is 0 Å². The second-order valence-corrected chi connectivity index (χ2v) is 9.55. The summed E-state index contributed by atoms with van der Waals surface area (Å²) in [7, 11) is -2.12. The van der Waals surface area contributed by atoms with Crippen molar-refractivity contribution in [2.24, 2.45) is 0 Å². The lowest BCUT2D eigenvalue weighted by Gasteiger charge is -2.28. The lowest BCUT2D eigenvalue weighted by Crippen LogP contribution is -2.36. The third-order valence-electron chi connectivity index (χ3n) is 5.24. The second kappa shape index (κ2) is 8.70. The van der Waals surface area contributed by atoms with Crippen molar-refractivity contribution in [3.63, 3.8) is 0 Å². The van der Waals surface area contributed by atoms with Crippen LogP contribution in [0.3, 0.4) is 0 Å². The van der Waals surface area contributed by atoms with E-state index in [0.717, 1.165) is 11.1 Å². The van der Waals surface area contributed by atoms with Crippen molar-refractivity contribution in [3.05, 3.63) is 88.4 Å². The Bertz CT molecular complexity index is 1230. The van der Waals surface area contributed by atoms with Crippen molar-refractivity contribution in [1.82, 2.24) is 4.31 Å². The number of hydrogen-bond donors (Lipinski definition) is 1. The Balaban J connectivity index is 1.55. The SMILES string of the molecule is COc1ccccc1C(=O)Nc1ccc2c(c1)CN(S(=O)(=O)c1ccc(Cl)cc1)CC2. The van der Waals surface area contributed by atoms with Crippen LogP contribution in [0.2, 0.25) is 5.02 Å². The highest BCUT2D eigenvalue weighted by Gasteiger charge is 2.28. The second-order valence-electron chi connectivity index (χ2n) is 7.18. The quantitative estimate of drug-likeness (QED) is 0.619. The molecule has 0 saturated heterocycles. The van der Waals surface area contributed by atoms with Crippen LogP contribution in [0.5, 0.6) is 5.75 Å². The van der Waals surface area contributed by atoms with Crippen LogP contribution < -0.4 is 10.1 Å². The van der Waals surface area contributed by atoms with Gasteiger partial charge >= 0.3 is 0 Å². The number of carbonyl (C=O) groups excluding carboxylic acids is 1. The summed E-state index contributed by atoms with van der Waals surface area (Å²) in [5, 5.41) is 3.36. The average molecular weight is 457 g/mol. The van der Waals surface area contributed by atoms with E-state index < -0.39 is 10.0 Å². The van der Waals surface area contributed by atoms with Crippen LogP contribution in [0, 0.1) is 0 Å².